The molecule has 0 bridgehead atoms. The highest BCUT2D eigenvalue weighted by molar-refractivity contribution is 9.10. The van der Waals surface area contributed by atoms with Gasteiger partial charge in [-0.3, -0.25) is 0 Å². The number of pyridine rings is 1. The predicted molar refractivity (Wildman–Crippen MR) is 68.9 cm³/mol. The Bertz CT molecular complexity index is 495. The molecule has 3 N–H and O–H groups in total. The summed E-state index contributed by atoms with van der Waals surface area (Å²) in [5.74, 6) is 1.26. The fraction of sp³-hybridized carbons (Fsp3) is 0.273. The lowest BCUT2D eigenvalue weighted by Gasteiger charge is -2.04. The number of aliphatic hydroxyl groups is 1. The van der Waals surface area contributed by atoms with Gasteiger partial charge in [-0.2, -0.15) is 9.78 Å². The van der Waals surface area contributed by atoms with Crippen LogP contribution in [0.5, 0.6) is 0 Å². The van der Waals surface area contributed by atoms with Crippen LogP contribution in [0.3, 0.4) is 0 Å². The summed E-state index contributed by atoms with van der Waals surface area (Å²) >= 11 is 3.32. The summed E-state index contributed by atoms with van der Waals surface area (Å²) < 4.78 is 2.51. The zero-order valence-electron chi connectivity index (χ0n) is 9.17. The number of aryl methyl sites for hydroxylation is 1. The predicted octanol–water partition coefficient (Wildman–Crippen LogP) is 1.54. The first-order valence-corrected chi connectivity index (χ1v) is 6.07. The Morgan fingerprint density at radius 1 is 1.35 bits per heavy atom. The number of aliphatic hydroxyl groups excluding tert-OH is 1. The molecule has 0 aliphatic heterocycles. The minimum absolute atomic E-state index is 0.154. The Labute approximate surface area is 107 Å². The van der Waals surface area contributed by atoms with Gasteiger partial charge in [0.25, 0.3) is 0 Å². The van der Waals surface area contributed by atoms with Crippen molar-refractivity contribution in [2.45, 2.75) is 12.8 Å². The van der Waals surface area contributed by atoms with Crippen LogP contribution in [-0.2, 0) is 6.42 Å². The number of aromatic nitrogens is 3. The summed E-state index contributed by atoms with van der Waals surface area (Å²) in [4.78, 5) is 4.23. The van der Waals surface area contributed by atoms with Crippen molar-refractivity contribution in [1.29, 1.82) is 0 Å². The third-order valence-electron chi connectivity index (χ3n) is 2.42. The average molecular weight is 297 g/mol. The molecule has 6 heteroatoms. The molecule has 0 saturated carbocycles. The summed E-state index contributed by atoms with van der Waals surface area (Å²) in [5, 5.41) is 13.0. The fourth-order valence-corrected chi connectivity index (χ4v) is 1.76. The standard InChI is InChI=1S/C11H13BrN4O/c12-9-3-4-10(14-7-9)16-11(13)8(6-15-16)2-1-5-17/h3-4,6-7,17H,1-2,5,13H2. The van der Waals surface area contributed by atoms with Crippen molar-refractivity contribution in [3.05, 3.63) is 34.6 Å². The van der Waals surface area contributed by atoms with Crippen molar-refractivity contribution >= 4 is 21.7 Å². The van der Waals surface area contributed by atoms with E-state index >= 15 is 0 Å². The average Bonchev–Trinajstić information content (AvgIpc) is 2.69. The van der Waals surface area contributed by atoms with Gasteiger partial charge in [-0.1, -0.05) is 0 Å². The minimum Gasteiger partial charge on any atom is -0.396 e. The van der Waals surface area contributed by atoms with E-state index in [0.29, 0.717) is 18.1 Å². The van der Waals surface area contributed by atoms with Crippen LogP contribution < -0.4 is 5.73 Å². The maximum Gasteiger partial charge on any atom is 0.155 e. The maximum absolute atomic E-state index is 8.79. The Morgan fingerprint density at radius 2 is 2.18 bits per heavy atom. The van der Waals surface area contributed by atoms with E-state index in [-0.39, 0.29) is 6.61 Å². The van der Waals surface area contributed by atoms with Gasteiger partial charge >= 0.3 is 0 Å². The van der Waals surface area contributed by atoms with Gasteiger partial charge < -0.3 is 10.8 Å². The smallest absolute Gasteiger partial charge is 0.155 e. The largest absolute Gasteiger partial charge is 0.396 e. The molecule has 0 aliphatic carbocycles. The second-order valence-electron chi connectivity index (χ2n) is 3.63. The molecule has 0 amide bonds. The van der Waals surface area contributed by atoms with Crippen LogP contribution in [-0.4, -0.2) is 26.5 Å². The molecule has 2 aromatic heterocycles. The quantitative estimate of drug-likeness (QED) is 0.897. The van der Waals surface area contributed by atoms with E-state index < -0.39 is 0 Å². The third kappa shape index (κ3) is 2.65. The molecule has 5 nitrogen and oxygen atoms in total. The van der Waals surface area contributed by atoms with Gasteiger partial charge in [0.05, 0.1) is 6.20 Å². The number of anilines is 1. The highest BCUT2D eigenvalue weighted by atomic mass is 79.9. The zero-order chi connectivity index (χ0) is 12.3. The molecule has 0 aliphatic rings. The minimum atomic E-state index is 0.154. The lowest BCUT2D eigenvalue weighted by molar-refractivity contribution is 0.288. The van der Waals surface area contributed by atoms with Gasteiger partial charge in [-0.15, -0.1) is 0 Å². The summed E-state index contributed by atoms with van der Waals surface area (Å²) in [7, 11) is 0. The van der Waals surface area contributed by atoms with Gasteiger partial charge in [0.2, 0.25) is 0 Å². The van der Waals surface area contributed by atoms with Crippen LogP contribution in [0.15, 0.2) is 29.0 Å². The molecule has 2 aromatic rings. The second kappa shape index (κ2) is 5.29. The highest BCUT2D eigenvalue weighted by Crippen LogP contribution is 2.18. The van der Waals surface area contributed by atoms with Gasteiger partial charge in [0.1, 0.15) is 5.82 Å². The lowest BCUT2D eigenvalue weighted by Crippen LogP contribution is -2.05. The van der Waals surface area contributed by atoms with Crippen LogP contribution in [0.1, 0.15) is 12.0 Å². The van der Waals surface area contributed by atoms with Crippen molar-refractivity contribution in [2.24, 2.45) is 0 Å². The highest BCUT2D eigenvalue weighted by Gasteiger charge is 2.09. The first-order valence-electron chi connectivity index (χ1n) is 5.27. The van der Waals surface area contributed by atoms with Gasteiger partial charge in [-0.25, -0.2) is 4.98 Å². The van der Waals surface area contributed by atoms with Crippen LogP contribution in [0.2, 0.25) is 0 Å². The number of hydrogen-bond donors (Lipinski definition) is 2. The number of nitrogens with two attached hydrogens (primary N) is 1. The molecule has 2 rings (SSSR count). The zero-order valence-corrected chi connectivity index (χ0v) is 10.8. The number of rotatable bonds is 4. The molecular formula is C11H13BrN4O. The summed E-state index contributed by atoms with van der Waals surface area (Å²) in [6.45, 7) is 0.154. The van der Waals surface area contributed by atoms with E-state index in [1.165, 1.54) is 0 Å². The van der Waals surface area contributed by atoms with E-state index in [1.807, 2.05) is 12.1 Å². The molecule has 0 spiro atoms. The fourth-order valence-electron chi connectivity index (χ4n) is 1.53. The second-order valence-corrected chi connectivity index (χ2v) is 4.54. The first-order chi connectivity index (χ1) is 8.22. The van der Waals surface area contributed by atoms with Crippen LogP contribution >= 0.6 is 15.9 Å². The van der Waals surface area contributed by atoms with Crippen molar-refractivity contribution in [3.8, 4) is 5.82 Å². The molecule has 17 heavy (non-hydrogen) atoms. The summed E-state index contributed by atoms with van der Waals surface area (Å²) in [6.07, 6.45) is 4.82. The molecule has 0 fully saturated rings. The summed E-state index contributed by atoms with van der Waals surface area (Å²) in [6, 6.07) is 3.72. The molecule has 2 heterocycles. The van der Waals surface area contributed by atoms with Crippen molar-refractivity contribution in [2.75, 3.05) is 12.3 Å². The first kappa shape index (κ1) is 12.1. The molecule has 0 unspecified atom stereocenters. The van der Waals surface area contributed by atoms with Crippen molar-refractivity contribution < 1.29 is 5.11 Å². The Hall–Kier alpha value is -1.40. The van der Waals surface area contributed by atoms with E-state index in [1.54, 1.807) is 17.1 Å². The normalized spacial score (nSPS) is 10.7. The van der Waals surface area contributed by atoms with E-state index in [2.05, 4.69) is 26.0 Å². The van der Waals surface area contributed by atoms with Gasteiger partial charge in [0, 0.05) is 22.8 Å². The van der Waals surface area contributed by atoms with Crippen molar-refractivity contribution in [3.63, 3.8) is 0 Å². The number of nitrogens with zero attached hydrogens (tertiary/aromatic N) is 3. The van der Waals surface area contributed by atoms with Crippen LogP contribution in [0.4, 0.5) is 5.82 Å². The lowest BCUT2D eigenvalue weighted by atomic mass is 10.2. The molecule has 0 saturated heterocycles. The van der Waals surface area contributed by atoms with E-state index in [9.17, 15) is 0 Å². The number of hydrogen-bond acceptors (Lipinski definition) is 4. The van der Waals surface area contributed by atoms with Crippen LogP contribution in [0, 0.1) is 0 Å². The maximum atomic E-state index is 8.79. The Balaban J connectivity index is 2.27. The van der Waals surface area contributed by atoms with Gasteiger partial charge in [0.15, 0.2) is 5.82 Å². The Kier molecular flexibility index (Phi) is 3.75. The molecule has 90 valence electrons. The molecule has 0 atom stereocenters. The number of halogens is 1. The van der Waals surface area contributed by atoms with Crippen LogP contribution in [0.25, 0.3) is 5.82 Å². The van der Waals surface area contributed by atoms with E-state index in [0.717, 1.165) is 16.5 Å². The molecule has 0 radical (unpaired) electrons. The molecule has 0 aromatic carbocycles. The SMILES string of the molecule is Nc1c(CCCO)cnn1-c1ccc(Br)cn1. The number of nitrogen functional groups attached to an aromatic ring is 1. The van der Waals surface area contributed by atoms with E-state index in [4.69, 9.17) is 10.8 Å². The monoisotopic (exact) mass is 296 g/mol. The van der Waals surface area contributed by atoms with Crippen molar-refractivity contribution in [1.82, 2.24) is 14.8 Å². The van der Waals surface area contributed by atoms with Gasteiger partial charge in [-0.05, 0) is 40.9 Å². The Morgan fingerprint density at radius 3 is 2.82 bits per heavy atom. The topological polar surface area (TPSA) is 77.0 Å². The summed E-state index contributed by atoms with van der Waals surface area (Å²) in [5.41, 5.74) is 6.92. The molecular weight excluding hydrogens is 284 g/mol. The third-order valence-corrected chi connectivity index (χ3v) is 2.89.